The van der Waals surface area contributed by atoms with Crippen molar-refractivity contribution in [3.63, 3.8) is 0 Å². The zero-order chi connectivity index (χ0) is 14.4. The van der Waals surface area contributed by atoms with E-state index in [1.54, 1.807) is 11.3 Å². The molecular formula is C16H20N2OS. The minimum Gasteiger partial charge on any atom is -0.334 e. The van der Waals surface area contributed by atoms with Crippen LogP contribution in [0.15, 0.2) is 41.8 Å². The Kier molecular flexibility index (Phi) is 5.18. The van der Waals surface area contributed by atoms with Gasteiger partial charge in [-0.25, -0.2) is 4.79 Å². The van der Waals surface area contributed by atoms with Crippen molar-refractivity contribution >= 4 is 17.4 Å². The summed E-state index contributed by atoms with van der Waals surface area (Å²) in [5.41, 5.74) is 2.36. The maximum atomic E-state index is 12.2. The minimum atomic E-state index is -0.0100. The summed E-state index contributed by atoms with van der Waals surface area (Å²) in [6.45, 7) is 6.02. The molecule has 3 nitrogen and oxygen atoms in total. The van der Waals surface area contributed by atoms with Crippen molar-refractivity contribution < 1.29 is 4.79 Å². The molecule has 106 valence electrons. The highest BCUT2D eigenvalue weighted by Gasteiger charge is 2.12. The van der Waals surface area contributed by atoms with E-state index in [1.165, 1.54) is 10.4 Å². The first-order chi connectivity index (χ1) is 9.70. The van der Waals surface area contributed by atoms with E-state index < -0.39 is 0 Å². The van der Waals surface area contributed by atoms with Crippen molar-refractivity contribution in [3.05, 3.63) is 57.8 Å². The number of hydrogen-bond donors (Lipinski definition) is 1. The van der Waals surface area contributed by atoms with E-state index in [1.807, 2.05) is 41.5 Å². The van der Waals surface area contributed by atoms with E-state index in [-0.39, 0.29) is 6.03 Å². The first kappa shape index (κ1) is 14.6. The molecule has 0 radical (unpaired) electrons. The number of urea groups is 1. The van der Waals surface area contributed by atoms with Crippen LogP contribution in [0.1, 0.15) is 22.9 Å². The van der Waals surface area contributed by atoms with Crippen LogP contribution in [0.3, 0.4) is 0 Å². The van der Waals surface area contributed by atoms with Gasteiger partial charge in [0.1, 0.15) is 0 Å². The van der Waals surface area contributed by atoms with Gasteiger partial charge in [-0.15, -0.1) is 11.3 Å². The molecule has 20 heavy (non-hydrogen) atoms. The van der Waals surface area contributed by atoms with Crippen LogP contribution in [0.4, 0.5) is 4.79 Å². The highest BCUT2D eigenvalue weighted by atomic mass is 32.1. The Labute approximate surface area is 124 Å². The molecule has 0 saturated carbocycles. The van der Waals surface area contributed by atoms with E-state index >= 15 is 0 Å². The second-order valence-electron chi connectivity index (χ2n) is 4.68. The van der Waals surface area contributed by atoms with Crippen LogP contribution in [0.25, 0.3) is 0 Å². The maximum Gasteiger partial charge on any atom is 0.317 e. The number of nitrogens with one attached hydrogen (secondary N) is 1. The Balaban J connectivity index is 1.91. The molecule has 0 atom stereocenters. The molecule has 1 aromatic heterocycles. The van der Waals surface area contributed by atoms with Gasteiger partial charge in [-0.3, -0.25) is 0 Å². The summed E-state index contributed by atoms with van der Waals surface area (Å²) >= 11 is 1.68. The topological polar surface area (TPSA) is 32.3 Å². The summed E-state index contributed by atoms with van der Waals surface area (Å²) in [5, 5.41) is 5.03. The quantitative estimate of drug-likeness (QED) is 0.892. The van der Waals surface area contributed by atoms with Crippen LogP contribution in [0.2, 0.25) is 0 Å². The second kappa shape index (κ2) is 7.10. The van der Waals surface area contributed by atoms with Gasteiger partial charge in [0.05, 0.1) is 6.54 Å². The lowest BCUT2D eigenvalue weighted by Crippen LogP contribution is -2.38. The Hall–Kier alpha value is -1.81. The van der Waals surface area contributed by atoms with Gasteiger partial charge in [-0.05, 0) is 36.4 Å². The van der Waals surface area contributed by atoms with Gasteiger partial charge in [-0.1, -0.05) is 30.3 Å². The molecule has 1 aromatic carbocycles. The van der Waals surface area contributed by atoms with Crippen molar-refractivity contribution in [2.75, 3.05) is 6.54 Å². The normalized spacial score (nSPS) is 10.3. The monoisotopic (exact) mass is 288 g/mol. The minimum absolute atomic E-state index is 0.0100. The van der Waals surface area contributed by atoms with Crippen molar-refractivity contribution in [2.45, 2.75) is 26.9 Å². The summed E-state index contributed by atoms with van der Waals surface area (Å²) in [7, 11) is 0. The predicted octanol–water partition coefficient (Wildman–Crippen LogP) is 3.79. The molecule has 1 N–H and O–H groups in total. The van der Waals surface area contributed by atoms with Gasteiger partial charge in [0, 0.05) is 18.0 Å². The maximum absolute atomic E-state index is 12.2. The number of rotatable bonds is 5. The molecule has 4 heteroatoms. The molecule has 0 spiro atoms. The number of hydrogen-bond acceptors (Lipinski definition) is 2. The number of carbonyl (C=O) groups is 1. The van der Waals surface area contributed by atoms with E-state index in [0.29, 0.717) is 19.6 Å². The number of thiophene rings is 1. The molecule has 0 saturated heterocycles. The first-order valence-corrected chi connectivity index (χ1v) is 7.68. The highest BCUT2D eigenvalue weighted by molar-refractivity contribution is 7.09. The highest BCUT2D eigenvalue weighted by Crippen LogP contribution is 2.12. The average molecular weight is 288 g/mol. The largest absolute Gasteiger partial charge is 0.334 e. The fourth-order valence-corrected chi connectivity index (χ4v) is 2.73. The van der Waals surface area contributed by atoms with Gasteiger partial charge in [-0.2, -0.15) is 0 Å². The fourth-order valence-electron chi connectivity index (χ4n) is 2.01. The van der Waals surface area contributed by atoms with Gasteiger partial charge >= 0.3 is 6.03 Å². The molecule has 0 aliphatic heterocycles. The Morgan fingerprint density at radius 3 is 2.70 bits per heavy atom. The van der Waals surface area contributed by atoms with Gasteiger partial charge in [0.15, 0.2) is 0 Å². The Bertz CT molecular complexity index is 551. The van der Waals surface area contributed by atoms with Gasteiger partial charge in [0.25, 0.3) is 0 Å². The van der Waals surface area contributed by atoms with Crippen molar-refractivity contribution in [2.24, 2.45) is 0 Å². The van der Waals surface area contributed by atoms with Crippen molar-refractivity contribution in [1.29, 1.82) is 0 Å². The number of carbonyl (C=O) groups excluding carboxylic acids is 1. The van der Waals surface area contributed by atoms with Crippen LogP contribution >= 0.6 is 11.3 Å². The fraction of sp³-hybridized carbons (Fsp3) is 0.312. The molecule has 0 unspecified atom stereocenters. The van der Waals surface area contributed by atoms with E-state index in [9.17, 15) is 4.79 Å². The second-order valence-corrected chi connectivity index (χ2v) is 5.71. The van der Waals surface area contributed by atoms with Gasteiger partial charge < -0.3 is 10.2 Å². The zero-order valence-electron chi connectivity index (χ0n) is 11.9. The summed E-state index contributed by atoms with van der Waals surface area (Å²) < 4.78 is 0. The van der Waals surface area contributed by atoms with Crippen LogP contribution < -0.4 is 5.32 Å². The van der Waals surface area contributed by atoms with Crippen LogP contribution in [0, 0.1) is 6.92 Å². The third-order valence-electron chi connectivity index (χ3n) is 3.29. The summed E-state index contributed by atoms with van der Waals surface area (Å²) in [6.07, 6.45) is 0. The zero-order valence-corrected chi connectivity index (χ0v) is 12.7. The third kappa shape index (κ3) is 3.84. The molecule has 1 heterocycles. The van der Waals surface area contributed by atoms with Crippen molar-refractivity contribution in [1.82, 2.24) is 10.2 Å². The van der Waals surface area contributed by atoms with E-state index in [4.69, 9.17) is 0 Å². The lowest BCUT2D eigenvalue weighted by molar-refractivity contribution is 0.198. The molecule has 2 aromatic rings. The standard InChI is InChI=1S/C16H20N2OS/c1-3-18(12-15-9-6-10-20-15)16(19)17-11-14-8-5-4-7-13(14)2/h4-10H,3,11-12H2,1-2H3,(H,17,19). The van der Waals surface area contributed by atoms with Gasteiger partial charge in [0.2, 0.25) is 0 Å². The lowest BCUT2D eigenvalue weighted by atomic mass is 10.1. The molecular weight excluding hydrogens is 268 g/mol. The predicted molar refractivity (Wildman–Crippen MR) is 83.8 cm³/mol. The third-order valence-corrected chi connectivity index (χ3v) is 4.15. The number of nitrogens with zero attached hydrogens (tertiary/aromatic N) is 1. The average Bonchev–Trinajstić information content (AvgIpc) is 2.96. The van der Waals surface area contributed by atoms with E-state index in [2.05, 4.69) is 24.4 Å². The lowest BCUT2D eigenvalue weighted by Gasteiger charge is -2.21. The molecule has 0 bridgehead atoms. The summed E-state index contributed by atoms with van der Waals surface area (Å²) in [4.78, 5) is 15.2. The van der Waals surface area contributed by atoms with Crippen LogP contribution in [0.5, 0.6) is 0 Å². The molecule has 2 rings (SSSR count). The number of benzene rings is 1. The van der Waals surface area contributed by atoms with Crippen LogP contribution in [-0.4, -0.2) is 17.5 Å². The van der Waals surface area contributed by atoms with Crippen molar-refractivity contribution in [3.8, 4) is 0 Å². The smallest absolute Gasteiger partial charge is 0.317 e. The number of amides is 2. The van der Waals surface area contributed by atoms with Crippen LogP contribution in [-0.2, 0) is 13.1 Å². The number of aryl methyl sites for hydroxylation is 1. The molecule has 0 aliphatic carbocycles. The first-order valence-electron chi connectivity index (χ1n) is 6.80. The SMILES string of the molecule is CCN(Cc1cccs1)C(=O)NCc1ccccc1C. The summed E-state index contributed by atoms with van der Waals surface area (Å²) in [6, 6.07) is 12.2. The molecule has 0 fully saturated rings. The molecule has 0 aliphatic rings. The summed E-state index contributed by atoms with van der Waals surface area (Å²) in [5.74, 6) is 0. The van der Waals surface area contributed by atoms with E-state index in [0.717, 1.165) is 5.56 Å². The Morgan fingerprint density at radius 1 is 1.25 bits per heavy atom. The molecule has 2 amide bonds. The Morgan fingerprint density at radius 2 is 2.05 bits per heavy atom.